The van der Waals surface area contributed by atoms with Gasteiger partial charge in [0.25, 0.3) is 5.91 Å². The number of para-hydroxylation sites is 1. The van der Waals surface area contributed by atoms with E-state index in [1.807, 2.05) is 6.07 Å². The molecule has 1 N–H and O–H groups in total. The Morgan fingerprint density at radius 3 is 2.29 bits per heavy atom. The molecule has 3 rings (SSSR count). The van der Waals surface area contributed by atoms with Crippen LogP contribution in [0.15, 0.2) is 78.9 Å². The van der Waals surface area contributed by atoms with E-state index in [1.54, 1.807) is 86.8 Å². The van der Waals surface area contributed by atoms with Gasteiger partial charge in [0.1, 0.15) is 11.5 Å². The zero-order valence-corrected chi connectivity index (χ0v) is 15.7. The molecule has 5 heteroatoms. The molecule has 1 unspecified atom stereocenters. The highest BCUT2D eigenvalue weighted by Gasteiger charge is 2.19. The molecule has 0 radical (unpaired) electrons. The van der Waals surface area contributed by atoms with Gasteiger partial charge in [-0.3, -0.25) is 9.59 Å². The number of methoxy groups -OCH3 is 1. The molecule has 142 valence electrons. The predicted octanol–water partition coefficient (Wildman–Crippen LogP) is 4.33. The van der Waals surface area contributed by atoms with Crippen LogP contribution >= 0.6 is 0 Å². The molecule has 0 aliphatic heterocycles. The summed E-state index contributed by atoms with van der Waals surface area (Å²) < 4.78 is 10.9. The van der Waals surface area contributed by atoms with Crippen molar-refractivity contribution in [2.24, 2.45) is 0 Å². The number of rotatable bonds is 7. The van der Waals surface area contributed by atoms with Gasteiger partial charge in [0.2, 0.25) is 0 Å². The molecule has 0 aliphatic rings. The summed E-state index contributed by atoms with van der Waals surface area (Å²) in [4.78, 5) is 25.4. The van der Waals surface area contributed by atoms with E-state index in [0.29, 0.717) is 28.3 Å². The number of nitrogens with one attached hydrogen (secondary N) is 1. The van der Waals surface area contributed by atoms with Crippen LogP contribution in [-0.2, 0) is 4.79 Å². The first kappa shape index (κ1) is 19.2. The van der Waals surface area contributed by atoms with Crippen molar-refractivity contribution in [3.8, 4) is 11.5 Å². The first-order chi connectivity index (χ1) is 13.6. The topological polar surface area (TPSA) is 64.6 Å². The Morgan fingerprint density at radius 1 is 0.857 bits per heavy atom. The Kier molecular flexibility index (Phi) is 6.07. The maximum atomic E-state index is 12.8. The van der Waals surface area contributed by atoms with Gasteiger partial charge in [-0.15, -0.1) is 0 Å². The summed E-state index contributed by atoms with van der Waals surface area (Å²) in [6.07, 6.45) is -0.757. The highest BCUT2D eigenvalue weighted by atomic mass is 16.5. The van der Waals surface area contributed by atoms with Crippen molar-refractivity contribution in [1.29, 1.82) is 0 Å². The fourth-order valence-corrected chi connectivity index (χ4v) is 2.70. The molecule has 1 amide bonds. The number of carbonyl (C=O) groups is 2. The van der Waals surface area contributed by atoms with Gasteiger partial charge in [0.15, 0.2) is 11.9 Å². The summed E-state index contributed by atoms with van der Waals surface area (Å²) >= 11 is 0. The number of amides is 1. The molecule has 0 aromatic heterocycles. The van der Waals surface area contributed by atoms with E-state index in [0.717, 1.165) is 0 Å². The Morgan fingerprint density at radius 2 is 1.54 bits per heavy atom. The van der Waals surface area contributed by atoms with Crippen LogP contribution in [0.5, 0.6) is 11.5 Å². The summed E-state index contributed by atoms with van der Waals surface area (Å²) in [6, 6.07) is 22.9. The number of hydrogen-bond acceptors (Lipinski definition) is 4. The standard InChI is InChI=1S/C23H21NO4/c1-16(28-19-12-8-11-18(15-19)27-2)23(26)24-21-14-7-6-13-20(21)22(25)17-9-4-3-5-10-17/h3-16H,1-2H3,(H,24,26). The summed E-state index contributed by atoms with van der Waals surface area (Å²) in [7, 11) is 1.57. The second kappa shape index (κ2) is 8.86. The molecule has 5 nitrogen and oxygen atoms in total. The molecule has 28 heavy (non-hydrogen) atoms. The first-order valence-corrected chi connectivity index (χ1v) is 8.89. The predicted molar refractivity (Wildman–Crippen MR) is 108 cm³/mol. The van der Waals surface area contributed by atoms with Gasteiger partial charge in [-0.25, -0.2) is 0 Å². The SMILES string of the molecule is COc1cccc(OC(C)C(=O)Nc2ccccc2C(=O)c2ccccc2)c1. The molecular weight excluding hydrogens is 354 g/mol. The quantitative estimate of drug-likeness (QED) is 0.624. The maximum absolute atomic E-state index is 12.8. The second-order valence-electron chi connectivity index (χ2n) is 6.17. The van der Waals surface area contributed by atoms with Crippen LogP contribution in [0, 0.1) is 0 Å². The van der Waals surface area contributed by atoms with E-state index in [-0.39, 0.29) is 11.7 Å². The summed E-state index contributed by atoms with van der Waals surface area (Å²) in [5.41, 5.74) is 1.43. The van der Waals surface area contributed by atoms with Crippen molar-refractivity contribution in [3.63, 3.8) is 0 Å². The normalized spacial score (nSPS) is 11.4. The molecule has 0 spiro atoms. The van der Waals surface area contributed by atoms with Gasteiger partial charge in [-0.2, -0.15) is 0 Å². The number of anilines is 1. The lowest BCUT2D eigenvalue weighted by atomic mass is 10.0. The van der Waals surface area contributed by atoms with Gasteiger partial charge < -0.3 is 14.8 Å². The van der Waals surface area contributed by atoms with Crippen LogP contribution in [0.3, 0.4) is 0 Å². The Hall–Kier alpha value is -3.60. The van der Waals surface area contributed by atoms with Crippen LogP contribution in [0.25, 0.3) is 0 Å². The van der Waals surface area contributed by atoms with Crippen molar-refractivity contribution >= 4 is 17.4 Å². The van der Waals surface area contributed by atoms with Crippen molar-refractivity contribution in [3.05, 3.63) is 90.0 Å². The minimum atomic E-state index is -0.757. The average molecular weight is 375 g/mol. The van der Waals surface area contributed by atoms with Crippen LogP contribution in [0.1, 0.15) is 22.8 Å². The van der Waals surface area contributed by atoms with Gasteiger partial charge in [0, 0.05) is 17.2 Å². The number of carbonyl (C=O) groups excluding carboxylic acids is 2. The zero-order valence-electron chi connectivity index (χ0n) is 15.7. The molecule has 0 saturated heterocycles. The van der Waals surface area contributed by atoms with Crippen molar-refractivity contribution in [2.45, 2.75) is 13.0 Å². The molecular formula is C23H21NO4. The van der Waals surface area contributed by atoms with E-state index in [4.69, 9.17) is 9.47 Å². The summed E-state index contributed by atoms with van der Waals surface area (Å²) in [6.45, 7) is 1.65. The Labute approximate surface area is 163 Å². The molecule has 0 saturated carbocycles. The van der Waals surface area contributed by atoms with Gasteiger partial charge in [-0.1, -0.05) is 48.5 Å². The van der Waals surface area contributed by atoms with Crippen molar-refractivity contribution in [2.75, 3.05) is 12.4 Å². The second-order valence-corrected chi connectivity index (χ2v) is 6.17. The highest BCUT2D eigenvalue weighted by Crippen LogP contribution is 2.22. The van der Waals surface area contributed by atoms with Crippen LogP contribution in [-0.4, -0.2) is 24.9 Å². The smallest absolute Gasteiger partial charge is 0.265 e. The Balaban J connectivity index is 1.74. The van der Waals surface area contributed by atoms with Crippen LogP contribution < -0.4 is 14.8 Å². The number of hydrogen-bond donors (Lipinski definition) is 1. The lowest BCUT2D eigenvalue weighted by Crippen LogP contribution is -2.30. The molecule has 0 heterocycles. The lowest BCUT2D eigenvalue weighted by Gasteiger charge is -2.16. The minimum Gasteiger partial charge on any atom is -0.497 e. The molecule has 1 atom stereocenters. The third-order valence-electron chi connectivity index (χ3n) is 4.19. The molecule has 0 bridgehead atoms. The van der Waals surface area contributed by atoms with E-state index < -0.39 is 6.10 Å². The fraction of sp³-hybridized carbons (Fsp3) is 0.130. The maximum Gasteiger partial charge on any atom is 0.265 e. The largest absolute Gasteiger partial charge is 0.497 e. The monoisotopic (exact) mass is 375 g/mol. The molecule has 0 aliphatic carbocycles. The molecule has 3 aromatic carbocycles. The van der Waals surface area contributed by atoms with Crippen LogP contribution in [0.4, 0.5) is 5.69 Å². The first-order valence-electron chi connectivity index (χ1n) is 8.89. The van der Waals surface area contributed by atoms with Crippen LogP contribution in [0.2, 0.25) is 0 Å². The third-order valence-corrected chi connectivity index (χ3v) is 4.19. The highest BCUT2D eigenvalue weighted by molar-refractivity contribution is 6.14. The van der Waals surface area contributed by atoms with E-state index in [2.05, 4.69) is 5.32 Å². The number of benzene rings is 3. The van der Waals surface area contributed by atoms with E-state index in [1.165, 1.54) is 0 Å². The minimum absolute atomic E-state index is 0.155. The Bertz CT molecular complexity index is 969. The van der Waals surface area contributed by atoms with Crippen molar-refractivity contribution in [1.82, 2.24) is 0 Å². The zero-order chi connectivity index (χ0) is 19.9. The lowest BCUT2D eigenvalue weighted by molar-refractivity contribution is -0.122. The van der Waals surface area contributed by atoms with Gasteiger partial charge >= 0.3 is 0 Å². The van der Waals surface area contributed by atoms with E-state index in [9.17, 15) is 9.59 Å². The van der Waals surface area contributed by atoms with Crippen molar-refractivity contribution < 1.29 is 19.1 Å². The molecule has 3 aromatic rings. The fourth-order valence-electron chi connectivity index (χ4n) is 2.70. The number of ether oxygens (including phenoxy) is 2. The average Bonchev–Trinajstić information content (AvgIpc) is 2.74. The van der Waals surface area contributed by atoms with Gasteiger partial charge in [-0.05, 0) is 31.2 Å². The summed E-state index contributed by atoms with van der Waals surface area (Å²) in [5.74, 6) is 0.661. The molecule has 0 fully saturated rings. The van der Waals surface area contributed by atoms with E-state index >= 15 is 0 Å². The van der Waals surface area contributed by atoms with Gasteiger partial charge in [0.05, 0.1) is 12.8 Å². The summed E-state index contributed by atoms with van der Waals surface area (Å²) in [5, 5.41) is 2.79. The number of ketones is 1. The third kappa shape index (κ3) is 4.57.